The van der Waals surface area contributed by atoms with E-state index in [1.54, 1.807) is 0 Å². The van der Waals surface area contributed by atoms with Crippen LogP contribution in [0.25, 0.3) is 0 Å². The Kier molecular flexibility index (Phi) is 3.37. The second-order valence-electron chi connectivity index (χ2n) is 6.62. The van der Waals surface area contributed by atoms with Crippen LogP contribution in [-0.4, -0.2) is 18.0 Å². The first-order valence-corrected chi connectivity index (χ1v) is 6.60. The number of rotatable bonds is 2. The minimum atomic E-state index is -0.860. The lowest BCUT2D eigenvalue weighted by molar-refractivity contribution is -0.0664. The lowest BCUT2D eigenvalue weighted by atomic mass is 9.48. The second kappa shape index (κ2) is 4.52. The second-order valence-corrected chi connectivity index (χ2v) is 6.62. The fourth-order valence-corrected chi connectivity index (χ4v) is 3.47. The van der Waals surface area contributed by atoms with E-state index in [-0.39, 0.29) is 22.9 Å². The van der Waals surface area contributed by atoms with Crippen LogP contribution in [0.3, 0.4) is 0 Å². The molecular weight excluding hydrogens is 262 g/mol. The van der Waals surface area contributed by atoms with Crippen LogP contribution in [0.15, 0.2) is 18.2 Å². The zero-order valence-electron chi connectivity index (χ0n) is 12.1. The van der Waals surface area contributed by atoms with Gasteiger partial charge in [0.15, 0.2) is 0 Å². The van der Waals surface area contributed by atoms with Gasteiger partial charge in [0.25, 0.3) is 5.91 Å². The number of carbonyl (C=O) groups is 1. The maximum absolute atomic E-state index is 13.6. The van der Waals surface area contributed by atoms with E-state index in [4.69, 9.17) is 5.73 Å². The van der Waals surface area contributed by atoms with Crippen molar-refractivity contribution in [2.45, 2.75) is 39.8 Å². The topological polar surface area (TPSA) is 55.1 Å². The molecule has 3 nitrogen and oxygen atoms in total. The molecule has 0 aliphatic heterocycles. The molecule has 5 heteroatoms. The van der Waals surface area contributed by atoms with Gasteiger partial charge in [0.1, 0.15) is 17.2 Å². The molecule has 0 radical (unpaired) electrons. The number of nitrogens with two attached hydrogens (primary N) is 1. The molecule has 0 saturated heterocycles. The van der Waals surface area contributed by atoms with Crippen LogP contribution < -0.4 is 11.1 Å². The molecule has 0 atom stereocenters. The van der Waals surface area contributed by atoms with Gasteiger partial charge < -0.3 is 11.1 Å². The first-order chi connectivity index (χ1) is 9.10. The Morgan fingerprint density at radius 3 is 2.05 bits per heavy atom. The summed E-state index contributed by atoms with van der Waals surface area (Å²) in [5.41, 5.74) is 4.92. The van der Waals surface area contributed by atoms with Crippen LogP contribution >= 0.6 is 0 Å². The number of hydrogen-bond acceptors (Lipinski definition) is 2. The number of amides is 1. The largest absolute Gasteiger partial charge is 0.348 e. The Balaban J connectivity index is 2.25. The van der Waals surface area contributed by atoms with Gasteiger partial charge in [0.2, 0.25) is 0 Å². The lowest BCUT2D eigenvalue weighted by Crippen LogP contribution is -2.76. The monoisotopic (exact) mass is 282 g/mol. The molecule has 1 amide bonds. The lowest BCUT2D eigenvalue weighted by Gasteiger charge is -2.62. The Bertz CT molecular complexity index is 519. The van der Waals surface area contributed by atoms with E-state index < -0.39 is 23.1 Å². The Morgan fingerprint density at radius 2 is 1.60 bits per heavy atom. The Hall–Kier alpha value is -1.49. The van der Waals surface area contributed by atoms with E-state index in [2.05, 4.69) is 5.32 Å². The quantitative estimate of drug-likeness (QED) is 0.875. The number of hydrogen-bond donors (Lipinski definition) is 2. The SMILES string of the molecule is CC1(C)C(N)C(C)(C)C1NC(=O)c1c(F)cccc1F. The summed E-state index contributed by atoms with van der Waals surface area (Å²) in [6.45, 7) is 7.74. The summed E-state index contributed by atoms with van der Waals surface area (Å²) in [6.07, 6.45) is 0. The molecule has 2 rings (SSSR count). The van der Waals surface area contributed by atoms with Gasteiger partial charge in [0, 0.05) is 22.9 Å². The highest BCUT2D eigenvalue weighted by atomic mass is 19.1. The molecule has 0 unspecified atom stereocenters. The number of benzene rings is 1. The molecule has 110 valence electrons. The fourth-order valence-electron chi connectivity index (χ4n) is 3.47. The average Bonchev–Trinajstić information content (AvgIpc) is 2.34. The summed E-state index contributed by atoms with van der Waals surface area (Å²) >= 11 is 0. The van der Waals surface area contributed by atoms with Crippen LogP contribution in [-0.2, 0) is 0 Å². The highest BCUT2D eigenvalue weighted by molar-refractivity contribution is 5.95. The molecular formula is C15H20F2N2O. The highest BCUT2D eigenvalue weighted by Gasteiger charge is 2.60. The summed E-state index contributed by atoms with van der Waals surface area (Å²) in [7, 11) is 0. The Morgan fingerprint density at radius 1 is 1.15 bits per heavy atom. The number of carbonyl (C=O) groups excluding carboxylic acids is 1. The van der Waals surface area contributed by atoms with Crippen molar-refractivity contribution in [2.24, 2.45) is 16.6 Å². The summed E-state index contributed by atoms with van der Waals surface area (Å²) in [6, 6.07) is 3.04. The van der Waals surface area contributed by atoms with Crippen molar-refractivity contribution < 1.29 is 13.6 Å². The van der Waals surface area contributed by atoms with E-state index >= 15 is 0 Å². The zero-order chi connectivity index (χ0) is 15.3. The van der Waals surface area contributed by atoms with Gasteiger partial charge in [-0.3, -0.25) is 4.79 Å². The van der Waals surface area contributed by atoms with Crippen LogP contribution in [0.1, 0.15) is 38.1 Å². The minimum absolute atomic E-state index is 0.0919. The van der Waals surface area contributed by atoms with Gasteiger partial charge in [-0.05, 0) is 12.1 Å². The molecule has 0 bridgehead atoms. The molecule has 0 aromatic heterocycles. The Labute approximate surface area is 117 Å². The van der Waals surface area contributed by atoms with Crippen molar-refractivity contribution in [1.29, 1.82) is 0 Å². The third-order valence-corrected chi connectivity index (χ3v) is 4.56. The van der Waals surface area contributed by atoms with Crippen molar-refractivity contribution in [3.8, 4) is 0 Å². The first-order valence-electron chi connectivity index (χ1n) is 6.60. The van der Waals surface area contributed by atoms with Gasteiger partial charge in [-0.2, -0.15) is 0 Å². The van der Waals surface area contributed by atoms with Gasteiger partial charge in [-0.25, -0.2) is 8.78 Å². The van der Waals surface area contributed by atoms with Crippen molar-refractivity contribution in [2.75, 3.05) is 0 Å². The van der Waals surface area contributed by atoms with Gasteiger partial charge >= 0.3 is 0 Å². The van der Waals surface area contributed by atoms with E-state index in [0.29, 0.717) is 0 Å². The summed E-state index contributed by atoms with van der Waals surface area (Å²) in [5, 5.41) is 2.73. The normalized spacial score (nSPS) is 26.8. The number of halogens is 2. The maximum atomic E-state index is 13.6. The molecule has 1 fully saturated rings. The highest BCUT2D eigenvalue weighted by Crippen LogP contribution is 2.52. The molecule has 0 heterocycles. The molecule has 1 aromatic rings. The summed E-state index contributed by atoms with van der Waals surface area (Å²) in [4.78, 5) is 12.1. The third kappa shape index (κ3) is 2.00. The summed E-state index contributed by atoms with van der Waals surface area (Å²) < 4.78 is 27.2. The standard InChI is InChI=1S/C15H20F2N2O/c1-14(2)12(18)15(3,4)13(14)19-11(20)10-8(16)6-5-7-9(10)17/h5-7,12-13H,18H2,1-4H3,(H,19,20). The molecule has 1 aliphatic carbocycles. The third-order valence-electron chi connectivity index (χ3n) is 4.56. The predicted molar refractivity (Wildman–Crippen MR) is 73.1 cm³/mol. The molecule has 0 spiro atoms. The van der Waals surface area contributed by atoms with Crippen molar-refractivity contribution in [3.05, 3.63) is 35.4 Å². The minimum Gasteiger partial charge on any atom is -0.348 e. The van der Waals surface area contributed by atoms with Crippen LogP contribution in [0.5, 0.6) is 0 Å². The number of nitrogens with one attached hydrogen (secondary N) is 1. The van der Waals surface area contributed by atoms with Crippen molar-refractivity contribution >= 4 is 5.91 Å². The van der Waals surface area contributed by atoms with E-state index in [1.807, 2.05) is 27.7 Å². The van der Waals surface area contributed by atoms with Crippen LogP contribution in [0.2, 0.25) is 0 Å². The van der Waals surface area contributed by atoms with Gasteiger partial charge in [-0.15, -0.1) is 0 Å². The van der Waals surface area contributed by atoms with Crippen LogP contribution in [0, 0.1) is 22.5 Å². The summed E-state index contributed by atoms with van der Waals surface area (Å²) in [5.74, 6) is -2.46. The van der Waals surface area contributed by atoms with Gasteiger partial charge in [0.05, 0.1) is 0 Å². The molecule has 1 saturated carbocycles. The van der Waals surface area contributed by atoms with E-state index in [0.717, 1.165) is 12.1 Å². The zero-order valence-corrected chi connectivity index (χ0v) is 12.1. The fraction of sp³-hybridized carbons (Fsp3) is 0.533. The molecule has 1 aromatic carbocycles. The van der Waals surface area contributed by atoms with E-state index in [1.165, 1.54) is 6.07 Å². The maximum Gasteiger partial charge on any atom is 0.257 e. The van der Waals surface area contributed by atoms with Crippen molar-refractivity contribution in [3.63, 3.8) is 0 Å². The molecule has 1 aliphatic rings. The van der Waals surface area contributed by atoms with E-state index in [9.17, 15) is 13.6 Å². The average molecular weight is 282 g/mol. The predicted octanol–water partition coefficient (Wildman–Crippen LogP) is 2.46. The molecule has 20 heavy (non-hydrogen) atoms. The first kappa shape index (κ1) is 14.9. The van der Waals surface area contributed by atoms with Crippen molar-refractivity contribution in [1.82, 2.24) is 5.32 Å². The molecule has 3 N–H and O–H groups in total. The van der Waals surface area contributed by atoms with Gasteiger partial charge in [-0.1, -0.05) is 33.8 Å². The van der Waals surface area contributed by atoms with Crippen LogP contribution in [0.4, 0.5) is 8.78 Å². The smallest absolute Gasteiger partial charge is 0.257 e.